The van der Waals surface area contributed by atoms with E-state index >= 15 is 0 Å². The van der Waals surface area contributed by atoms with E-state index in [0.29, 0.717) is 18.8 Å². The highest BCUT2D eigenvalue weighted by Crippen LogP contribution is 2.26. The number of hydrogen-bond acceptors (Lipinski definition) is 3. The minimum atomic E-state index is -0.573. The third-order valence-electron chi connectivity index (χ3n) is 3.69. The predicted molar refractivity (Wildman–Crippen MR) is 92.2 cm³/mol. The van der Waals surface area contributed by atoms with Crippen molar-refractivity contribution < 1.29 is 13.9 Å². The number of aliphatic hydroxyl groups excluding tert-OH is 1. The van der Waals surface area contributed by atoms with Gasteiger partial charge < -0.3 is 14.8 Å². The molecule has 24 heavy (non-hydrogen) atoms. The first-order chi connectivity index (χ1) is 11.6. The summed E-state index contributed by atoms with van der Waals surface area (Å²) >= 11 is 5.79. The third kappa shape index (κ3) is 4.03. The molecule has 124 valence electrons. The van der Waals surface area contributed by atoms with Gasteiger partial charge in [-0.1, -0.05) is 41.9 Å². The highest BCUT2D eigenvalue weighted by molar-refractivity contribution is 6.31. The third-order valence-corrected chi connectivity index (χ3v) is 3.98. The average molecular weight is 346 g/mol. The van der Waals surface area contributed by atoms with Gasteiger partial charge in [-0.3, -0.25) is 0 Å². The van der Waals surface area contributed by atoms with Crippen LogP contribution in [0.2, 0.25) is 5.02 Å². The van der Waals surface area contributed by atoms with Gasteiger partial charge in [-0.15, -0.1) is 0 Å². The quantitative estimate of drug-likeness (QED) is 0.688. The Labute approximate surface area is 144 Å². The van der Waals surface area contributed by atoms with Gasteiger partial charge in [-0.25, -0.2) is 4.39 Å². The molecule has 3 rings (SSSR count). The van der Waals surface area contributed by atoms with Crippen LogP contribution in [-0.2, 0) is 6.54 Å². The fourth-order valence-corrected chi connectivity index (χ4v) is 2.58. The first-order valence-corrected chi connectivity index (χ1v) is 7.99. The van der Waals surface area contributed by atoms with E-state index in [9.17, 15) is 9.50 Å². The lowest BCUT2D eigenvalue weighted by molar-refractivity contribution is 0.173. The van der Waals surface area contributed by atoms with Crippen LogP contribution in [0.15, 0.2) is 65.1 Å². The van der Waals surface area contributed by atoms with Crippen molar-refractivity contribution in [3.8, 4) is 11.3 Å². The predicted octanol–water partition coefficient (Wildman–Crippen LogP) is 4.56. The van der Waals surface area contributed by atoms with E-state index in [1.807, 2.05) is 42.5 Å². The van der Waals surface area contributed by atoms with Crippen LogP contribution in [0.1, 0.15) is 17.4 Å². The Bertz CT molecular complexity index is 804. The van der Waals surface area contributed by atoms with Gasteiger partial charge in [0.25, 0.3) is 0 Å². The summed E-state index contributed by atoms with van der Waals surface area (Å²) in [6.07, 6.45) is -0.573. The van der Waals surface area contributed by atoms with Gasteiger partial charge in [-0.2, -0.15) is 0 Å². The summed E-state index contributed by atoms with van der Waals surface area (Å²) in [4.78, 5) is 0. The molecule has 0 aliphatic heterocycles. The van der Waals surface area contributed by atoms with Crippen LogP contribution in [0.4, 0.5) is 4.39 Å². The summed E-state index contributed by atoms with van der Waals surface area (Å²) in [5, 5.41) is 13.3. The van der Waals surface area contributed by atoms with Gasteiger partial charge in [0.05, 0.1) is 17.7 Å². The van der Waals surface area contributed by atoms with E-state index < -0.39 is 11.9 Å². The van der Waals surface area contributed by atoms with Crippen LogP contribution in [0.3, 0.4) is 0 Å². The van der Waals surface area contributed by atoms with Crippen LogP contribution in [0, 0.1) is 5.82 Å². The van der Waals surface area contributed by atoms with Crippen molar-refractivity contribution in [1.29, 1.82) is 0 Å². The van der Waals surface area contributed by atoms with Crippen LogP contribution in [0.5, 0.6) is 0 Å². The maximum Gasteiger partial charge on any atom is 0.141 e. The molecule has 0 amide bonds. The van der Waals surface area contributed by atoms with Crippen LogP contribution in [0.25, 0.3) is 11.3 Å². The highest BCUT2D eigenvalue weighted by atomic mass is 35.5. The molecule has 0 saturated heterocycles. The molecule has 5 heteroatoms. The van der Waals surface area contributed by atoms with Crippen molar-refractivity contribution in [2.75, 3.05) is 6.54 Å². The molecule has 2 N–H and O–H groups in total. The Balaban J connectivity index is 1.57. The minimum Gasteiger partial charge on any atom is -0.460 e. The van der Waals surface area contributed by atoms with E-state index in [1.54, 1.807) is 6.07 Å². The number of nitrogens with one attached hydrogen (secondary N) is 1. The van der Waals surface area contributed by atoms with Crippen LogP contribution < -0.4 is 5.32 Å². The van der Waals surface area contributed by atoms with Gasteiger partial charge in [0, 0.05) is 12.1 Å². The molecule has 1 aromatic heterocycles. The smallest absolute Gasteiger partial charge is 0.141 e. The molecule has 0 aliphatic carbocycles. The average Bonchev–Trinajstić information content (AvgIpc) is 3.07. The summed E-state index contributed by atoms with van der Waals surface area (Å²) < 4.78 is 18.9. The second-order valence-electron chi connectivity index (χ2n) is 5.45. The molecule has 0 unspecified atom stereocenters. The molecule has 0 bridgehead atoms. The number of aliphatic hydroxyl groups is 1. The summed E-state index contributed by atoms with van der Waals surface area (Å²) in [5.74, 6) is 0.895. The van der Waals surface area contributed by atoms with Crippen molar-refractivity contribution in [3.63, 3.8) is 0 Å². The van der Waals surface area contributed by atoms with E-state index in [0.717, 1.165) is 16.9 Å². The molecule has 1 heterocycles. The molecule has 0 radical (unpaired) electrons. The second-order valence-corrected chi connectivity index (χ2v) is 5.86. The van der Waals surface area contributed by atoms with Gasteiger partial charge in [0.2, 0.25) is 0 Å². The maximum absolute atomic E-state index is 13.2. The van der Waals surface area contributed by atoms with Gasteiger partial charge in [0.1, 0.15) is 17.3 Å². The first-order valence-electron chi connectivity index (χ1n) is 7.61. The molecule has 1 atom stereocenters. The number of rotatable bonds is 6. The maximum atomic E-state index is 13.2. The Morgan fingerprint density at radius 1 is 1.08 bits per heavy atom. The van der Waals surface area contributed by atoms with Crippen LogP contribution >= 0.6 is 11.6 Å². The van der Waals surface area contributed by atoms with E-state index in [4.69, 9.17) is 16.0 Å². The van der Waals surface area contributed by atoms with E-state index in [1.165, 1.54) is 12.1 Å². The summed E-state index contributed by atoms with van der Waals surface area (Å²) in [6.45, 7) is 0.904. The Kier molecular flexibility index (Phi) is 5.30. The Morgan fingerprint density at radius 3 is 2.62 bits per heavy atom. The first kappa shape index (κ1) is 16.7. The SMILES string of the molecule is O[C@@H](CNCc1ccc(-c2ccc(F)c(Cl)c2)o1)c1ccccc1. The van der Waals surface area contributed by atoms with Crippen molar-refractivity contribution in [3.05, 3.63) is 82.8 Å². The van der Waals surface area contributed by atoms with Crippen molar-refractivity contribution in [2.24, 2.45) is 0 Å². The fourth-order valence-electron chi connectivity index (χ4n) is 2.40. The van der Waals surface area contributed by atoms with E-state index in [-0.39, 0.29) is 5.02 Å². The molecular formula is C19H17ClFNO2. The molecule has 3 nitrogen and oxygen atoms in total. The molecule has 0 fully saturated rings. The molecule has 3 aromatic rings. The zero-order valence-corrected chi connectivity index (χ0v) is 13.6. The second kappa shape index (κ2) is 7.62. The van der Waals surface area contributed by atoms with Gasteiger partial charge >= 0.3 is 0 Å². The summed E-state index contributed by atoms with van der Waals surface area (Å²) in [6, 6.07) is 17.6. The lowest BCUT2D eigenvalue weighted by Crippen LogP contribution is -2.20. The zero-order valence-electron chi connectivity index (χ0n) is 12.9. The fraction of sp³-hybridized carbons (Fsp3) is 0.158. The lowest BCUT2D eigenvalue weighted by Gasteiger charge is -2.11. The van der Waals surface area contributed by atoms with E-state index in [2.05, 4.69) is 5.32 Å². The standard InChI is InChI=1S/C19H17ClFNO2/c20-16-10-14(6-8-17(16)21)19-9-7-15(24-19)11-22-12-18(23)13-4-2-1-3-5-13/h1-10,18,22-23H,11-12H2/t18-/m0/s1. The highest BCUT2D eigenvalue weighted by Gasteiger charge is 2.09. The van der Waals surface area contributed by atoms with Gasteiger partial charge in [0.15, 0.2) is 0 Å². The number of benzene rings is 2. The summed E-state index contributed by atoms with van der Waals surface area (Å²) in [7, 11) is 0. The summed E-state index contributed by atoms with van der Waals surface area (Å²) in [5.41, 5.74) is 1.59. The number of furan rings is 1. The van der Waals surface area contributed by atoms with Gasteiger partial charge in [-0.05, 0) is 35.9 Å². The largest absolute Gasteiger partial charge is 0.460 e. The minimum absolute atomic E-state index is 0.0644. The molecule has 0 spiro atoms. The monoisotopic (exact) mass is 345 g/mol. The van der Waals surface area contributed by atoms with Crippen molar-refractivity contribution >= 4 is 11.6 Å². The molecular weight excluding hydrogens is 329 g/mol. The zero-order chi connectivity index (χ0) is 16.9. The number of halogens is 2. The lowest BCUT2D eigenvalue weighted by atomic mass is 10.1. The Morgan fingerprint density at radius 2 is 1.88 bits per heavy atom. The van der Waals surface area contributed by atoms with Crippen molar-refractivity contribution in [1.82, 2.24) is 5.32 Å². The molecule has 0 saturated carbocycles. The molecule has 2 aromatic carbocycles. The molecule has 0 aliphatic rings. The number of hydrogen-bond donors (Lipinski definition) is 2. The van der Waals surface area contributed by atoms with Crippen LogP contribution in [-0.4, -0.2) is 11.7 Å². The Hall–Kier alpha value is -2.14. The topological polar surface area (TPSA) is 45.4 Å². The normalized spacial score (nSPS) is 12.3. The van der Waals surface area contributed by atoms with Crippen molar-refractivity contribution in [2.45, 2.75) is 12.6 Å².